The zero-order chi connectivity index (χ0) is 22.2. The molecule has 0 atom stereocenters. The first-order valence-electron chi connectivity index (χ1n) is 11.1. The average molecular weight is 452 g/mol. The summed E-state index contributed by atoms with van der Waals surface area (Å²) in [5.74, 6) is 0. The number of rotatable bonds is 1. The summed E-state index contributed by atoms with van der Waals surface area (Å²) < 4.78 is 4.09. The van der Waals surface area contributed by atoms with Crippen molar-refractivity contribution >= 4 is 63.7 Å². The standard InChI is InChI=1S/C29H25NS2/c1-16-17(2)31-27-20(16)10-11-22-23-12-13-30-25(26(23)32-28(22)27)19-14-18-8-6-7-9-21(18)24(15-19)29(3,4)5/h6-15H,1-5H3. The van der Waals surface area contributed by atoms with E-state index in [0.29, 0.717) is 0 Å². The monoisotopic (exact) mass is 451 g/mol. The van der Waals surface area contributed by atoms with Crippen LogP contribution >= 0.6 is 22.7 Å². The predicted molar refractivity (Wildman–Crippen MR) is 144 cm³/mol. The number of nitrogens with zero attached hydrogens (tertiary/aromatic N) is 1. The normalized spacial score (nSPS) is 12.5. The van der Waals surface area contributed by atoms with Crippen molar-refractivity contribution in [2.75, 3.05) is 0 Å². The molecule has 0 saturated carbocycles. The summed E-state index contributed by atoms with van der Waals surface area (Å²) in [5, 5.41) is 6.66. The first-order chi connectivity index (χ1) is 15.3. The molecule has 1 nitrogen and oxygen atoms in total. The maximum Gasteiger partial charge on any atom is 0.0880 e. The molecular formula is C29H25NS2. The Kier molecular flexibility index (Phi) is 4.27. The minimum atomic E-state index is 0.0574. The Morgan fingerprint density at radius 1 is 0.719 bits per heavy atom. The van der Waals surface area contributed by atoms with Gasteiger partial charge in [-0.2, -0.15) is 0 Å². The van der Waals surface area contributed by atoms with Gasteiger partial charge in [-0.3, -0.25) is 4.98 Å². The number of thiophene rings is 2. The van der Waals surface area contributed by atoms with Crippen LogP contribution in [-0.4, -0.2) is 4.98 Å². The minimum Gasteiger partial charge on any atom is -0.255 e. The van der Waals surface area contributed by atoms with E-state index in [1.807, 2.05) is 28.9 Å². The van der Waals surface area contributed by atoms with Gasteiger partial charge in [0.25, 0.3) is 0 Å². The lowest BCUT2D eigenvalue weighted by Crippen LogP contribution is -2.12. The van der Waals surface area contributed by atoms with Gasteiger partial charge >= 0.3 is 0 Å². The highest BCUT2D eigenvalue weighted by molar-refractivity contribution is 7.31. The maximum atomic E-state index is 4.92. The molecule has 0 aliphatic rings. The highest BCUT2D eigenvalue weighted by Gasteiger charge is 2.21. The Morgan fingerprint density at radius 3 is 2.25 bits per heavy atom. The van der Waals surface area contributed by atoms with E-state index in [0.717, 1.165) is 5.69 Å². The molecule has 0 saturated heterocycles. The second kappa shape index (κ2) is 6.87. The fourth-order valence-corrected chi connectivity index (χ4v) is 7.43. The molecule has 0 unspecified atom stereocenters. The smallest absolute Gasteiger partial charge is 0.0880 e. The highest BCUT2D eigenvalue weighted by Crippen LogP contribution is 2.45. The third-order valence-corrected chi connectivity index (χ3v) is 9.26. The molecule has 6 aromatic rings. The first-order valence-corrected chi connectivity index (χ1v) is 12.7. The third kappa shape index (κ3) is 2.84. The summed E-state index contributed by atoms with van der Waals surface area (Å²) in [7, 11) is 0. The molecule has 0 aliphatic heterocycles. The largest absolute Gasteiger partial charge is 0.255 e. The lowest BCUT2D eigenvalue weighted by molar-refractivity contribution is 0.596. The Labute approximate surface area is 196 Å². The van der Waals surface area contributed by atoms with E-state index in [1.54, 1.807) is 0 Å². The molecule has 158 valence electrons. The van der Waals surface area contributed by atoms with Gasteiger partial charge in [0, 0.05) is 27.4 Å². The lowest BCUT2D eigenvalue weighted by Gasteiger charge is -2.22. The number of aryl methyl sites for hydroxylation is 2. The lowest BCUT2D eigenvalue weighted by atomic mass is 9.82. The summed E-state index contributed by atoms with van der Waals surface area (Å²) >= 11 is 3.82. The van der Waals surface area contributed by atoms with Gasteiger partial charge in [-0.15, -0.1) is 22.7 Å². The SMILES string of the molecule is Cc1sc2c(ccc3c4ccnc(-c5cc(C(C)(C)C)c6ccccc6c5)c4sc32)c1C. The number of fused-ring (bicyclic) bond motifs is 6. The van der Waals surface area contributed by atoms with Crippen LogP contribution in [0.15, 0.2) is 60.8 Å². The predicted octanol–water partition coefficient (Wildman–Crippen LogP) is 9.40. The molecule has 3 heterocycles. The summed E-state index contributed by atoms with van der Waals surface area (Å²) in [4.78, 5) is 6.33. The Morgan fingerprint density at radius 2 is 1.44 bits per heavy atom. The van der Waals surface area contributed by atoms with Crippen molar-refractivity contribution in [2.45, 2.75) is 40.0 Å². The van der Waals surface area contributed by atoms with Crippen LogP contribution in [0.4, 0.5) is 0 Å². The van der Waals surface area contributed by atoms with Crippen LogP contribution in [0.2, 0.25) is 0 Å². The van der Waals surface area contributed by atoms with E-state index in [-0.39, 0.29) is 5.41 Å². The molecule has 0 spiro atoms. The topological polar surface area (TPSA) is 12.9 Å². The molecular weight excluding hydrogens is 426 g/mol. The molecule has 0 bridgehead atoms. The summed E-state index contributed by atoms with van der Waals surface area (Å²) in [5.41, 5.74) is 5.14. The number of benzene rings is 3. The van der Waals surface area contributed by atoms with E-state index in [4.69, 9.17) is 4.98 Å². The van der Waals surface area contributed by atoms with E-state index in [9.17, 15) is 0 Å². The highest BCUT2D eigenvalue weighted by atomic mass is 32.1. The van der Waals surface area contributed by atoms with Crippen LogP contribution in [0.3, 0.4) is 0 Å². The number of aromatic nitrogens is 1. The minimum absolute atomic E-state index is 0.0574. The number of hydrogen-bond donors (Lipinski definition) is 0. The van der Waals surface area contributed by atoms with Crippen LogP contribution < -0.4 is 0 Å². The van der Waals surface area contributed by atoms with Crippen LogP contribution in [0.1, 0.15) is 36.8 Å². The molecule has 0 fully saturated rings. The van der Waals surface area contributed by atoms with Crippen molar-refractivity contribution in [1.29, 1.82) is 0 Å². The molecule has 3 heteroatoms. The van der Waals surface area contributed by atoms with Crippen LogP contribution in [-0.2, 0) is 5.41 Å². The third-order valence-electron chi connectivity index (χ3n) is 6.64. The van der Waals surface area contributed by atoms with E-state index in [1.165, 1.54) is 62.6 Å². The maximum absolute atomic E-state index is 4.92. The van der Waals surface area contributed by atoms with Gasteiger partial charge in [0.15, 0.2) is 0 Å². The van der Waals surface area contributed by atoms with Gasteiger partial charge < -0.3 is 0 Å². The summed E-state index contributed by atoms with van der Waals surface area (Å²) in [6.07, 6.45) is 1.98. The Hall–Kier alpha value is -2.75. The van der Waals surface area contributed by atoms with Crippen LogP contribution in [0.5, 0.6) is 0 Å². The van der Waals surface area contributed by atoms with Crippen LogP contribution in [0, 0.1) is 13.8 Å². The van der Waals surface area contributed by atoms with Gasteiger partial charge in [-0.05, 0) is 64.7 Å². The second-order valence-corrected chi connectivity index (χ2v) is 12.0. The van der Waals surface area contributed by atoms with Crippen LogP contribution in [0.25, 0.3) is 52.3 Å². The van der Waals surface area contributed by atoms with Gasteiger partial charge in [0.1, 0.15) is 0 Å². The summed E-state index contributed by atoms with van der Waals surface area (Å²) in [6, 6.07) is 20.2. The fourth-order valence-electron chi connectivity index (χ4n) is 4.83. The van der Waals surface area contributed by atoms with Crippen molar-refractivity contribution in [2.24, 2.45) is 0 Å². The zero-order valence-corrected chi connectivity index (χ0v) is 20.7. The van der Waals surface area contributed by atoms with Crippen molar-refractivity contribution in [3.63, 3.8) is 0 Å². The zero-order valence-electron chi connectivity index (χ0n) is 19.0. The molecule has 32 heavy (non-hydrogen) atoms. The Bertz CT molecular complexity index is 1680. The first kappa shape index (κ1) is 19.9. The van der Waals surface area contributed by atoms with Gasteiger partial charge in [0.2, 0.25) is 0 Å². The molecule has 0 radical (unpaired) electrons. The molecule has 0 N–H and O–H groups in total. The second-order valence-electron chi connectivity index (χ2n) is 9.74. The number of pyridine rings is 1. The molecule has 0 aliphatic carbocycles. The molecule has 3 aromatic carbocycles. The van der Waals surface area contributed by atoms with E-state index < -0.39 is 0 Å². The van der Waals surface area contributed by atoms with Crippen molar-refractivity contribution in [3.8, 4) is 11.3 Å². The van der Waals surface area contributed by atoms with Crippen molar-refractivity contribution in [1.82, 2.24) is 4.98 Å². The van der Waals surface area contributed by atoms with E-state index in [2.05, 4.69) is 89.2 Å². The fraction of sp³-hybridized carbons (Fsp3) is 0.207. The number of hydrogen-bond acceptors (Lipinski definition) is 3. The van der Waals surface area contributed by atoms with Crippen molar-refractivity contribution in [3.05, 3.63) is 76.8 Å². The van der Waals surface area contributed by atoms with Crippen molar-refractivity contribution < 1.29 is 0 Å². The molecule has 6 rings (SSSR count). The van der Waals surface area contributed by atoms with Gasteiger partial charge in [-0.1, -0.05) is 57.2 Å². The average Bonchev–Trinajstić information content (AvgIpc) is 3.29. The molecule has 3 aromatic heterocycles. The summed E-state index contributed by atoms with van der Waals surface area (Å²) in [6.45, 7) is 11.4. The van der Waals surface area contributed by atoms with E-state index >= 15 is 0 Å². The Balaban J connectivity index is 1.70. The molecule has 0 amide bonds. The van der Waals surface area contributed by atoms with Gasteiger partial charge in [0.05, 0.1) is 19.8 Å². The van der Waals surface area contributed by atoms with Gasteiger partial charge in [-0.25, -0.2) is 0 Å². The quantitative estimate of drug-likeness (QED) is 0.243.